The van der Waals surface area contributed by atoms with E-state index in [1.54, 1.807) is 0 Å². The molecule has 1 fully saturated rings. The van der Waals surface area contributed by atoms with Crippen molar-refractivity contribution in [2.24, 2.45) is 0 Å². The first kappa shape index (κ1) is 14.2. The van der Waals surface area contributed by atoms with E-state index in [9.17, 15) is 4.79 Å². The number of hydrogen-bond donors (Lipinski definition) is 0. The van der Waals surface area contributed by atoms with E-state index in [2.05, 4.69) is 26.5 Å². The van der Waals surface area contributed by atoms with Crippen molar-refractivity contribution in [1.82, 2.24) is 20.2 Å². The summed E-state index contributed by atoms with van der Waals surface area (Å²) in [7, 11) is 1.42. The molecule has 7 nitrogen and oxygen atoms in total. The lowest BCUT2D eigenvalue weighted by Crippen LogP contribution is -2.31. The minimum Gasteiger partial charge on any atom is -0.465 e. The second-order valence-electron chi connectivity index (χ2n) is 6.09. The Bertz CT molecular complexity index is 738. The number of benzene rings is 1. The van der Waals surface area contributed by atoms with E-state index in [0.717, 1.165) is 49.3 Å². The molecule has 23 heavy (non-hydrogen) atoms. The molecule has 1 aliphatic carbocycles. The van der Waals surface area contributed by atoms with Gasteiger partial charge in [-0.05, 0) is 53.8 Å². The zero-order valence-electron chi connectivity index (χ0n) is 13.1. The highest BCUT2D eigenvalue weighted by molar-refractivity contribution is 5.93. The summed E-state index contributed by atoms with van der Waals surface area (Å²) in [5, 5.41) is 12.1. The summed E-state index contributed by atoms with van der Waals surface area (Å²) in [6.45, 7) is 1.61. The largest absolute Gasteiger partial charge is 0.465 e. The first-order valence-electron chi connectivity index (χ1n) is 8.00. The molecule has 4 rings (SSSR count). The van der Waals surface area contributed by atoms with Crippen LogP contribution < -0.4 is 4.90 Å². The van der Waals surface area contributed by atoms with Crippen molar-refractivity contribution >= 4 is 11.7 Å². The van der Waals surface area contributed by atoms with E-state index in [4.69, 9.17) is 4.74 Å². The number of ether oxygens (including phenoxy) is 1. The van der Waals surface area contributed by atoms with Gasteiger partial charge >= 0.3 is 5.97 Å². The Kier molecular flexibility index (Phi) is 3.48. The van der Waals surface area contributed by atoms with Crippen LogP contribution in [0.1, 0.15) is 47.1 Å². The number of carbonyl (C=O) groups is 1. The number of aromatic nitrogens is 4. The third-order valence-electron chi connectivity index (χ3n) is 4.54. The van der Waals surface area contributed by atoms with E-state index in [1.807, 2.05) is 16.8 Å². The van der Waals surface area contributed by atoms with Crippen molar-refractivity contribution in [3.63, 3.8) is 0 Å². The molecular weight excluding hydrogens is 294 g/mol. The van der Waals surface area contributed by atoms with Crippen LogP contribution in [0.15, 0.2) is 18.2 Å². The zero-order valence-corrected chi connectivity index (χ0v) is 13.1. The number of esters is 1. The van der Waals surface area contributed by atoms with Crippen LogP contribution in [0.3, 0.4) is 0 Å². The molecule has 1 aliphatic heterocycles. The van der Waals surface area contributed by atoms with E-state index < -0.39 is 0 Å². The van der Waals surface area contributed by atoms with Crippen LogP contribution in [0.25, 0.3) is 0 Å². The Balaban J connectivity index is 1.65. The highest BCUT2D eigenvalue weighted by Crippen LogP contribution is 2.36. The predicted molar refractivity (Wildman–Crippen MR) is 83.2 cm³/mol. The van der Waals surface area contributed by atoms with E-state index in [-0.39, 0.29) is 5.97 Å². The van der Waals surface area contributed by atoms with Crippen molar-refractivity contribution in [2.45, 2.75) is 38.3 Å². The fourth-order valence-corrected chi connectivity index (χ4v) is 3.26. The van der Waals surface area contributed by atoms with Gasteiger partial charge < -0.3 is 9.64 Å². The summed E-state index contributed by atoms with van der Waals surface area (Å²) < 4.78 is 6.85. The summed E-state index contributed by atoms with van der Waals surface area (Å²) in [4.78, 5) is 14.2. The van der Waals surface area contributed by atoms with Crippen LogP contribution in [0.5, 0.6) is 0 Å². The van der Waals surface area contributed by atoms with Crippen LogP contribution in [-0.2, 0) is 17.7 Å². The quantitative estimate of drug-likeness (QED) is 0.801. The molecule has 2 aromatic rings. The fraction of sp³-hybridized carbons (Fsp3) is 0.500. The molecule has 120 valence electrons. The fourth-order valence-electron chi connectivity index (χ4n) is 3.26. The smallest absolute Gasteiger partial charge is 0.338 e. The second-order valence-corrected chi connectivity index (χ2v) is 6.09. The van der Waals surface area contributed by atoms with Crippen molar-refractivity contribution < 1.29 is 9.53 Å². The number of nitrogens with zero attached hydrogens (tertiary/aromatic N) is 5. The van der Waals surface area contributed by atoms with Gasteiger partial charge in [-0.1, -0.05) is 6.07 Å². The van der Waals surface area contributed by atoms with Gasteiger partial charge in [0.25, 0.3) is 0 Å². The maximum absolute atomic E-state index is 12.0. The third-order valence-corrected chi connectivity index (χ3v) is 4.54. The normalized spacial score (nSPS) is 17.0. The Morgan fingerprint density at radius 1 is 1.39 bits per heavy atom. The zero-order chi connectivity index (χ0) is 15.8. The van der Waals surface area contributed by atoms with E-state index >= 15 is 0 Å². The monoisotopic (exact) mass is 313 g/mol. The van der Waals surface area contributed by atoms with Gasteiger partial charge in [0.2, 0.25) is 0 Å². The lowest BCUT2D eigenvalue weighted by molar-refractivity contribution is 0.0599. The molecular formula is C16H19N5O2. The molecule has 7 heteroatoms. The van der Waals surface area contributed by atoms with Gasteiger partial charge in [0.1, 0.15) is 0 Å². The van der Waals surface area contributed by atoms with Gasteiger partial charge in [-0.3, -0.25) is 0 Å². The van der Waals surface area contributed by atoms with Gasteiger partial charge in [0.05, 0.1) is 25.3 Å². The van der Waals surface area contributed by atoms with Crippen LogP contribution in [-0.4, -0.2) is 39.8 Å². The highest BCUT2D eigenvalue weighted by atomic mass is 16.5. The summed E-state index contributed by atoms with van der Waals surface area (Å²) in [5.74, 6) is 0.621. The molecule has 0 atom stereocenters. The van der Waals surface area contributed by atoms with Crippen LogP contribution >= 0.6 is 0 Å². The summed E-state index contributed by atoms with van der Waals surface area (Å²) in [6, 6.07) is 6.27. The van der Waals surface area contributed by atoms with Crippen LogP contribution in [0.4, 0.5) is 5.69 Å². The summed E-state index contributed by atoms with van der Waals surface area (Å²) in [5.41, 5.74) is 2.82. The highest BCUT2D eigenvalue weighted by Gasteiger charge is 2.29. The number of carbonyl (C=O) groups excluding carboxylic acids is 1. The van der Waals surface area contributed by atoms with Gasteiger partial charge in [0, 0.05) is 12.2 Å². The maximum Gasteiger partial charge on any atom is 0.338 e. The minimum atomic E-state index is -0.272. The molecule has 0 N–H and O–H groups in total. The van der Waals surface area contributed by atoms with Crippen LogP contribution in [0, 0.1) is 0 Å². The molecule has 0 amide bonds. The third kappa shape index (κ3) is 2.56. The molecule has 2 heterocycles. The average molecular weight is 313 g/mol. The van der Waals surface area contributed by atoms with Crippen LogP contribution in [0.2, 0.25) is 0 Å². The van der Waals surface area contributed by atoms with Crippen molar-refractivity contribution in [3.8, 4) is 0 Å². The SMILES string of the molecule is COC(=O)c1cccc2c1CCCN2Cc1nnnn1C1CC1. The first-order chi connectivity index (χ1) is 11.3. The van der Waals surface area contributed by atoms with E-state index in [1.165, 1.54) is 7.11 Å². The Morgan fingerprint density at radius 2 is 2.26 bits per heavy atom. The van der Waals surface area contributed by atoms with Crippen molar-refractivity contribution in [2.75, 3.05) is 18.6 Å². The Morgan fingerprint density at radius 3 is 3.04 bits per heavy atom. The average Bonchev–Trinajstić information content (AvgIpc) is 3.33. The van der Waals surface area contributed by atoms with Gasteiger partial charge in [-0.15, -0.1) is 5.10 Å². The molecule has 1 aromatic carbocycles. The standard InChI is InChI=1S/C16H19N5O2/c1-23-16(22)13-4-2-6-14-12(13)5-3-9-20(14)10-15-17-18-19-21(15)11-7-8-11/h2,4,6,11H,3,5,7-10H2,1H3. The number of rotatable bonds is 4. The maximum atomic E-state index is 12.0. The molecule has 1 aromatic heterocycles. The molecule has 0 saturated heterocycles. The molecule has 2 aliphatic rings. The van der Waals surface area contributed by atoms with Gasteiger partial charge in [-0.2, -0.15) is 0 Å². The molecule has 0 unspecified atom stereocenters. The molecule has 0 radical (unpaired) electrons. The number of tetrazole rings is 1. The Hall–Kier alpha value is -2.44. The predicted octanol–water partition coefficient (Wildman–Crippen LogP) is 1.75. The van der Waals surface area contributed by atoms with Gasteiger partial charge in [-0.25, -0.2) is 9.48 Å². The number of fused-ring (bicyclic) bond motifs is 1. The number of methoxy groups -OCH3 is 1. The number of hydrogen-bond acceptors (Lipinski definition) is 6. The minimum absolute atomic E-state index is 0.272. The topological polar surface area (TPSA) is 73.1 Å². The summed E-state index contributed by atoms with van der Waals surface area (Å²) >= 11 is 0. The molecule has 0 spiro atoms. The second kappa shape index (κ2) is 5.64. The van der Waals surface area contributed by atoms with Gasteiger partial charge in [0.15, 0.2) is 5.82 Å². The van der Waals surface area contributed by atoms with Crippen molar-refractivity contribution in [3.05, 3.63) is 35.2 Å². The molecule has 1 saturated carbocycles. The first-order valence-corrected chi connectivity index (χ1v) is 8.00. The Labute approximate surface area is 134 Å². The van der Waals surface area contributed by atoms with Crippen molar-refractivity contribution in [1.29, 1.82) is 0 Å². The lowest BCUT2D eigenvalue weighted by Gasteiger charge is -2.31. The number of anilines is 1. The lowest BCUT2D eigenvalue weighted by atomic mass is 9.96. The molecule has 0 bridgehead atoms. The van der Waals surface area contributed by atoms with E-state index in [0.29, 0.717) is 18.2 Å². The summed E-state index contributed by atoms with van der Waals surface area (Å²) in [6.07, 6.45) is 4.21.